The number of nitrogens with two attached hydrogens (primary N) is 1. The number of hydrazone groups is 1. The van der Waals surface area contributed by atoms with Crippen molar-refractivity contribution in [2.24, 2.45) is 5.10 Å². The lowest BCUT2D eigenvalue weighted by molar-refractivity contribution is 0.0601. The third-order valence-corrected chi connectivity index (χ3v) is 3.37. The lowest BCUT2D eigenvalue weighted by Crippen LogP contribution is -2.02. The maximum atomic E-state index is 11.4. The molecule has 0 saturated heterocycles. The van der Waals surface area contributed by atoms with Crippen LogP contribution in [-0.4, -0.2) is 24.3 Å². The summed E-state index contributed by atoms with van der Waals surface area (Å²) in [7, 11) is 1.30. The largest absolute Gasteiger partial charge is 0.465 e. The van der Waals surface area contributed by atoms with Gasteiger partial charge in [-0.3, -0.25) is 5.43 Å². The van der Waals surface area contributed by atoms with Crippen molar-refractivity contribution in [2.75, 3.05) is 18.3 Å². The van der Waals surface area contributed by atoms with Gasteiger partial charge in [0.15, 0.2) is 0 Å². The van der Waals surface area contributed by atoms with Crippen molar-refractivity contribution in [1.82, 2.24) is 4.98 Å². The molecular formula is C12H11ClN4O2S. The van der Waals surface area contributed by atoms with Crippen LogP contribution in [0.2, 0.25) is 5.02 Å². The summed E-state index contributed by atoms with van der Waals surface area (Å²) in [6, 6.07) is 4.91. The predicted octanol–water partition coefficient (Wildman–Crippen LogP) is 2.61. The number of nitrogen functional groups attached to an aromatic ring is 1. The Hall–Kier alpha value is -2.12. The van der Waals surface area contributed by atoms with Gasteiger partial charge in [0.1, 0.15) is 5.82 Å². The van der Waals surface area contributed by atoms with Crippen molar-refractivity contribution in [1.29, 1.82) is 0 Å². The molecule has 1 heterocycles. The minimum atomic E-state index is -0.477. The number of carbonyl (C=O) groups is 1. The fourth-order valence-corrected chi connectivity index (χ4v) is 2.20. The van der Waals surface area contributed by atoms with E-state index in [4.69, 9.17) is 17.3 Å². The second-order valence-corrected chi connectivity index (χ2v) is 4.94. The van der Waals surface area contributed by atoms with Crippen molar-refractivity contribution in [3.63, 3.8) is 0 Å². The van der Waals surface area contributed by atoms with E-state index in [-0.39, 0.29) is 0 Å². The van der Waals surface area contributed by atoms with Crippen molar-refractivity contribution in [3.05, 3.63) is 39.7 Å². The van der Waals surface area contributed by atoms with E-state index in [0.717, 1.165) is 5.56 Å². The highest BCUT2D eigenvalue weighted by molar-refractivity contribution is 7.14. The molecule has 0 atom stereocenters. The van der Waals surface area contributed by atoms with Crippen molar-refractivity contribution in [3.8, 4) is 0 Å². The van der Waals surface area contributed by atoms with Gasteiger partial charge < -0.3 is 10.5 Å². The first kappa shape index (κ1) is 14.3. The smallest absolute Gasteiger partial charge is 0.339 e. The van der Waals surface area contributed by atoms with E-state index in [1.165, 1.54) is 18.4 Å². The Bertz CT molecular complexity index is 657. The number of thiazole rings is 1. The first-order valence-corrected chi connectivity index (χ1v) is 6.74. The average Bonchev–Trinajstić information content (AvgIpc) is 2.84. The Balaban J connectivity index is 2.06. The molecule has 0 aliphatic heterocycles. The second kappa shape index (κ2) is 6.36. The Labute approximate surface area is 124 Å². The Morgan fingerprint density at radius 3 is 3.00 bits per heavy atom. The molecule has 8 heteroatoms. The molecular weight excluding hydrogens is 300 g/mol. The summed E-state index contributed by atoms with van der Waals surface area (Å²) in [5.41, 5.74) is 9.28. The molecule has 104 valence electrons. The first-order valence-electron chi connectivity index (χ1n) is 5.48. The molecule has 1 aromatic heterocycles. The van der Waals surface area contributed by atoms with Gasteiger partial charge in [0, 0.05) is 5.38 Å². The summed E-state index contributed by atoms with van der Waals surface area (Å²) in [4.78, 5) is 15.4. The summed E-state index contributed by atoms with van der Waals surface area (Å²) in [6.45, 7) is 0. The molecule has 0 unspecified atom stereocenters. The number of nitrogens with zero attached hydrogens (tertiary/aromatic N) is 2. The zero-order valence-electron chi connectivity index (χ0n) is 10.5. The molecule has 2 rings (SSSR count). The number of anilines is 2. The predicted molar refractivity (Wildman–Crippen MR) is 80.5 cm³/mol. The normalized spacial score (nSPS) is 10.7. The van der Waals surface area contributed by atoms with Crippen LogP contribution in [0, 0.1) is 0 Å². The number of esters is 1. The lowest BCUT2D eigenvalue weighted by atomic mass is 10.1. The van der Waals surface area contributed by atoms with Crippen LogP contribution >= 0.6 is 22.9 Å². The number of hydrogen-bond donors (Lipinski definition) is 2. The van der Waals surface area contributed by atoms with Gasteiger partial charge in [-0.2, -0.15) is 5.10 Å². The molecule has 1 aromatic carbocycles. The van der Waals surface area contributed by atoms with E-state index < -0.39 is 5.97 Å². The highest BCUT2D eigenvalue weighted by Gasteiger charge is 2.10. The number of halogens is 1. The minimum absolute atomic E-state index is 0.305. The van der Waals surface area contributed by atoms with E-state index in [1.807, 2.05) is 0 Å². The summed E-state index contributed by atoms with van der Waals surface area (Å²) >= 11 is 7.34. The van der Waals surface area contributed by atoms with Crippen LogP contribution < -0.4 is 11.2 Å². The van der Waals surface area contributed by atoms with Gasteiger partial charge in [-0.05, 0) is 17.7 Å². The van der Waals surface area contributed by atoms with Gasteiger partial charge >= 0.3 is 5.97 Å². The van der Waals surface area contributed by atoms with Crippen molar-refractivity contribution in [2.45, 2.75) is 0 Å². The maximum absolute atomic E-state index is 11.4. The second-order valence-electron chi connectivity index (χ2n) is 3.68. The molecule has 0 saturated carbocycles. The molecule has 0 aliphatic rings. The quantitative estimate of drug-likeness (QED) is 0.515. The van der Waals surface area contributed by atoms with Gasteiger partial charge in [0.05, 0.1) is 23.9 Å². The number of rotatable bonds is 4. The molecule has 0 spiro atoms. The number of hydrogen-bond acceptors (Lipinski definition) is 7. The first-order chi connectivity index (χ1) is 9.60. The van der Waals surface area contributed by atoms with Crippen LogP contribution in [0.5, 0.6) is 0 Å². The standard InChI is InChI=1S/C12H11ClN4O2S/c1-19-11(18)8-3-2-7(4-9(8)13)5-15-17-12-16-10(14)6-20-12/h2-6H,14H2,1H3,(H,16,17). The number of carbonyl (C=O) groups excluding carboxylic acids is 1. The summed E-state index contributed by atoms with van der Waals surface area (Å²) in [5, 5.41) is 6.61. The summed E-state index contributed by atoms with van der Waals surface area (Å²) < 4.78 is 4.61. The third kappa shape index (κ3) is 3.46. The van der Waals surface area contributed by atoms with Gasteiger partial charge in [0.2, 0.25) is 5.13 Å². The molecule has 0 radical (unpaired) electrons. The number of nitrogens with one attached hydrogen (secondary N) is 1. The minimum Gasteiger partial charge on any atom is -0.465 e. The zero-order chi connectivity index (χ0) is 14.5. The number of ether oxygens (including phenoxy) is 1. The van der Waals surface area contributed by atoms with Crippen molar-refractivity contribution >= 4 is 46.1 Å². The van der Waals surface area contributed by atoms with E-state index >= 15 is 0 Å². The van der Waals surface area contributed by atoms with E-state index in [9.17, 15) is 4.79 Å². The molecule has 0 aliphatic carbocycles. The molecule has 2 aromatic rings. The molecule has 20 heavy (non-hydrogen) atoms. The summed E-state index contributed by atoms with van der Waals surface area (Å²) in [6.07, 6.45) is 1.56. The van der Waals surface area contributed by atoms with Crippen LogP contribution in [0.25, 0.3) is 0 Å². The molecule has 3 N–H and O–H groups in total. The van der Waals surface area contributed by atoms with Gasteiger partial charge in [-0.15, -0.1) is 11.3 Å². The SMILES string of the molecule is COC(=O)c1ccc(C=NNc2nc(N)cs2)cc1Cl. The highest BCUT2D eigenvalue weighted by Crippen LogP contribution is 2.18. The van der Waals surface area contributed by atoms with Crippen LogP contribution in [-0.2, 0) is 4.74 Å². The fraction of sp³-hybridized carbons (Fsp3) is 0.0833. The maximum Gasteiger partial charge on any atom is 0.339 e. The number of methoxy groups -OCH3 is 1. The van der Waals surface area contributed by atoms with E-state index in [0.29, 0.717) is 21.5 Å². The highest BCUT2D eigenvalue weighted by atomic mass is 35.5. The molecule has 0 amide bonds. The van der Waals surface area contributed by atoms with Crippen LogP contribution in [0.15, 0.2) is 28.7 Å². The average molecular weight is 311 g/mol. The molecule has 0 fully saturated rings. The fourth-order valence-electron chi connectivity index (χ4n) is 1.39. The summed E-state index contributed by atoms with van der Waals surface area (Å²) in [5.74, 6) is -0.0342. The van der Waals surface area contributed by atoms with Crippen LogP contribution in [0.3, 0.4) is 0 Å². The monoisotopic (exact) mass is 310 g/mol. The van der Waals surface area contributed by atoms with E-state index in [2.05, 4.69) is 20.2 Å². The van der Waals surface area contributed by atoms with Crippen LogP contribution in [0.4, 0.5) is 10.9 Å². The zero-order valence-corrected chi connectivity index (χ0v) is 12.0. The molecule has 6 nitrogen and oxygen atoms in total. The van der Waals surface area contributed by atoms with Gasteiger partial charge in [0.25, 0.3) is 0 Å². The lowest BCUT2D eigenvalue weighted by Gasteiger charge is -2.02. The number of benzene rings is 1. The van der Waals surface area contributed by atoms with Gasteiger partial charge in [-0.1, -0.05) is 17.7 Å². The topological polar surface area (TPSA) is 89.6 Å². The van der Waals surface area contributed by atoms with Gasteiger partial charge in [-0.25, -0.2) is 9.78 Å². The van der Waals surface area contributed by atoms with E-state index in [1.54, 1.807) is 29.8 Å². The Morgan fingerprint density at radius 2 is 2.40 bits per heavy atom. The van der Waals surface area contributed by atoms with Crippen molar-refractivity contribution < 1.29 is 9.53 Å². The Morgan fingerprint density at radius 1 is 1.60 bits per heavy atom. The molecule has 0 bridgehead atoms. The third-order valence-electron chi connectivity index (χ3n) is 2.29. The van der Waals surface area contributed by atoms with Crippen LogP contribution in [0.1, 0.15) is 15.9 Å². The Kier molecular flexibility index (Phi) is 4.54. The number of aromatic nitrogens is 1.